The summed E-state index contributed by atoms with van der Waals surface area (Å²) in [4.78, 5) is 12.0. The van der Waals surface area contributed by atoms with Crippen molar-refractivity contribution < 1.29 is 14.0 Å². The Morgan fingerprint density at radius 2 is 1.47 bits per heavy atom. The van der Waals surface area contributed by atoms with E-state index in [1.54, 1.807) is 0 Å². The predicted octanol–water partition coefficient (Wildman–Crippen LogP) is 7.62. The normalized spacial score (nSPS) is 12.1. The minimum atomic E-state index is -0.0459. The Morgan fingerprint density at radius 1 is 0.844 bits per heavy atom. The highest BCUT2D eigenvalue weighted by molar-refractivity contribution is 5.69. The third kappa shape index (κ3) is 16.8. The molecule has 0 radical (unpaired) electrons. The molecule has 0 saturated carbocycles. The molecule has 0 aliphatic carbocycles. The van der Waals surface area contributed by atoms with Gasteiger partial charge in [0.25, 0.3) is 0 Å². The number of carbonyl (C=O) groups excluding carboxylic acids is 1. The Morgan fingerprint density at radius 3 is 2.16 bits per heavy atom. The lowest BCUT2D eigenvalue weighted by Gasteiger charge is -2.29. The molecule has 32 heavy (non-hydrogen) atoms. The fourth-order valence-electron chi connectivity index (χ4n) is 3.72. The first kappa shape index (κ1) is 28.2. The number of nitrogens with zero attached hydrogens (tertiary/aromatic N) is 1. The number of ether oxygens (including phenoxy) is 1. The van der Waals surface area contributed by atoms with Gasteiger partial charge in [-0.25, -0.2) is 0 Å². The molecule has 1 rings (SSSR count). The van der Waals surface area contributed by atoms with Crippen molar-refractivity contribution in [3.8, 4) is 0 Å². The molecule has 1 aromatic carbocycles. The average molecular weight is 443 g/mol. The van der Waals surface area contributed by atoms with Crippen LogP contribution in [0.3, 0.4) is 0 Å². The van der Waals surface area contributed by atoms with Crippen LogP contribution in [0.15, 0.2) is 54.6 Å². The van der Waals surface area contributed by atoms with Crippen LogP contribution in [0.5, 0.6) is 0 Å². The third-order valence-corrected chi connectivity index (χ3v) is 5.74. The van der Waals surface area contributed by atoms with Gasteiger partial charge in [0, 0.05) is 12.0 Å². The van der Waals surface area contributed by atoms with E-state index in [9.17, 15) is 4.79 Å². The van der Waals surface area contributed by atoms with E-state index in [1.807, 2.05) is 6.07 Å². The average Bonchev–Trinajstić information content (AvgIpc) is 2.76. The number of hydrogen-bond donors (Lipinski definition) is 0. The summed E-state index contributed by atoms with van der Waals surface area (Å²) in [5, 5.41) is 0. The summed E-state index contributed by atoms with van der Waals surface area (Å²) in [5.41, 5.74) is 1.31. The zero-order valence-corrected chi connectivity index (χ0v) is 21.1. The summed E-state index contributed by atoms with van der Waals surface area (Å²) in [5.74, 6) is -0.0459. The molecular weight excluding hydrogens is 394 g/mol. The molecule has 1 aromatic rings. The lowest BCUT2D eigenvalue weighted by atomic mass is 10.1. The standard InChI is InChI=1S/C29H48NO2/c1-4-5-6-7-8-9-10-11-12-13-14-15-16-17-21-24-29(31)32-26-25-30(2,3)27-28-22-19-18-20-23-28/h8-9,11-12,18-20,22-23H,4-7,10,13-17,21,24-27H2,1-3H3/q+1. The lowest BCUT2D eigenvalue weighted by Crippen LogP contribution is -2.41. The molecule has 0 aromatic heterocycles. The number of allylic oxidation sites excluding steroid dienone is 4. The second-order valence-electron chi connectivity index (χ2n) is 9.50. The van der Waals surface area contributed by atoms with E-state index in [2.05, 4.69) is 69.6 Å². The molecular formula is C29H48NO2+. The summed E-state index contributed by atoms with van der Waals surface area (Å²) >= 11 is 0. The van der Waals surface area contributed by atoms with Crippen molar-refractivity contribution in [2.75, 3.05) is 27.2 Å². The van der Waals surface area contributed by atoms with Gasteiger partial charge in [0.2, 0.25) is 0 Å². The van der Waals surface area contributed by atoms with Crippen molar-refractivity contribution in [3.05, 3.63) is 60.2 Å². The number of unbranched alkanes of at least 4 members (excludes halogenated alkanes) is 8. The topological polar surface area (TPSA) is 26.3 Å². The second-order valence-corrected chi connectivity index (χ2v) is 9.50. The molecule has 0 bridgehead atoms. The zero-order chi connectivity index (χ0) is 23.3. The highest BCUT2D eigenvalue weighted by atomic mass is 16.5. The van der Waals surface area contributed by atoms with Crippen LogP contribution < -0.4 is 0 Å². The quantitative estimate of drug-likeness (QED) is 0.0953. The minimum absolute atomic E-state index is 0.0459. The molecule has 0 aliphatic rings. The second kappa shape index (κ2) is 18.7. The maximum Gasteiger partial charge on any atom is 0.305 e. The molecule has 180 valence electrons. The highest BCUT2D eigenvalue weighted by Crippen LogP contribution is 2.10. The molecule has 0 N–H and O–H groups in total. The summed E-state index contributed by atoms with van der Waals surface area (Å²) in [7, 11) is 4.36. The lowest BCUT2D eigenvalue weighted by molar-refractivity contribution is -0.903. The van der Waals surface area contributed by atoms with Crippen LogP contribution in [-0.2, 0) is 16.1 Å². The summed E-state index contributed by atoms with van der Waals surface area (Å²) in [6.07, 6.45) is 22.9. The number of quaternary nitrogens is 1. The van der Waals surface area contributed by atoms with Gasteiger partial charge in [0.15, 0.2) is 0 Å². The summed E-state index contributed by atoms with van der Waals surface area (Å²) in [6, 6.07) is 10.5. The first-order valence-corrected chi connectivity index (χ1v) is 12.8. The number of rotatable bonds is 19. The van der Waals surface area contributed by atoms with E-state index in [-0.39, 0.29) is 5.97 Å². The van der Waals surface area contributed by atoms with Crippen molar-refractivity contribution in [1.29, 1.82) is 0 Å². The molecule has 0 aliphatic heterocycles. The van der Waals surface area contributed by atoms with Gasteiger partial charge in [-0.3, -0.25) is 4.79 Å². The number of carbonyl (C=O) groups is 1. The van der Waals surface area contributed by atoms with Gasteiger partial charge in [-0.2, -0.15) is 0 Å². The van der Waals surface area contributed by atoms with E-state index >= 15 is 0 Å². The molecule has 0 heterocycles. The Labute approximate surface area is 198 Å². The van der Waals surface area contributed by atoms with Crippen LogP contribution in [0.4, 0.5) is 0 Å². The molecule has 0 fully saturated rings. The molecule has 0 amide bonds. The van der Waals surface area contributed by atoms with Crippen LogP contribution >= 0.6 is 0 Å². The monoisotopic (exact) mass is 442 g/mol. The zero-order valence-electron chi connectivity index (χ0n) is 21.1. The molecule has 0 unspecified atom stereocenters. The molecule has 3 nitrogen and oxygen atoms in total. The smallest absolute Gasteiger partial charge is 0.305 e. The van der Waals surface area contributed by atoms with E-state index in [0.717, 1.165) is 36.8 Å². The fourth-order valence-corrected chi connectivity index (χ4v) is 3.72. The van der Waals surface area contributed by atoms with E-state index < -0.39 is 0 Å². The van der Waals surface area contributed by atoms with Crippen LogP contribution in [0.1, 0.15) is 89.5 Å². The maximum atomic E-state index is 12.0. The van der Waals surface area contributed by atoms with Crippen LogP contribution in [0.25, 0.3) is 0 Å². The maximum absolute atomic E-state index is 12.0. The minimum Gasteiger partial charge on any atom is -0.460 e. The van der Waals surface area contributed by atoms with Crippen molar-refractivity contribution in [2.24, 2.45) is 0 Å². The molecule has 0 saturated heterocycles. The van der Waals surface area contributed by atoms with Crippen LogP contribution in [0.2, 0.25) is 0 Å². The van der Waals surface area contributed by atoms with Gasteiger partial charge in [0.1, 0.15) is 19.7 Å². The molecule has 0 atom stereocenters. The Kier molecular flexibility index (Phi) is 16.4. The molecule has 3 heteroatoms. The van der Waals surface area contributed by atoms with E-state index in [4.69, 9.17) is 4.74 Å². The number of benzene rings is 1. The van der Waals surface area contributed by atoms with Gasteiger partial charge in [-0.1, -0.05) is 93.7 Å². The summed E-state index contributed by atoms with van der Waals surface area (Å²) < 4.78 is 6.29. The fraction of sp³-hybridized carbons (Fsp3) is 0.621. The van der Waals surface area contributed by atoms with Crippen LogP contribution in [0, 0.1) is 0 Å². The van der Waals surface area contributed by atoms with Crippen molar-refractivity contribution in [3.63, 3.8) is 0 Å². The predicted molar refractivity (Wildman–Crippen MR) is 137 cm³/mol. The van der Waals surface area contributed by atoms with Crippen molar-refractivity contribution >= 4 is 5.97 Å². The Balaban J connectivity index is 1.93. The van der Waals surface area contributed by atoms with Gasteiger partial charge < -0.3 is 9.22 Å². The Hall–Kier alpha value is -1.87. The first-order chi connectivity index (χ1) is 15.5. The molecule has 0 spiro atoms. The Bertz CT molecular complexity index is 634. The van der Waals surface area contributed by atoms with Gasteiger partial charge in [-0.05, 0) is 38.5 Å². The van der Waals surface area contributed by atoms with E-state index in [1.165, 1.54) is 56.9 Å². The van der Waals surface area contributed by atoms with E-state index in [0.29, 0.717) is 13.0 Å². The first-order valence-electron chi connectivity index (χ1n) is 12.8. The number of esters is 1. The SMILES string of the molecule is CCCCCC=CCC=CCCCCCCCC(=O)OCC[N+](C)(C)Cc1ccccc1. The number of likely N-dealkylation sites (N-methyl/N-ethyl adjacent to an activating group) is 1. The van der Waals surface area contributed by atoms with Gasteiger partial charge >= 0.3 is 5.97 Å². The van der Waals surface area contributed by atoms with Crippen LogP contribution in [-0.4, -0.2) is 37.7 Å². The summed E-state index contributed by atoms with van der Waals surface area (Å²) in [6.45, 7) is 4.53. The third-order valence-electron chi connectivity index (χ3n) is 5.74. The largest absolute Gasteiger partial charge is 0.460 e. The van der Waals surface area contributed by atoms with Gasteiger partial charge in [-0.15, -0.1) is 0 Å². The van der Waals surface area contributed by atoms with Gasteiger partial charge in [0.05, 0.1) is 14.1 Å². The van der Waals surface area contributed by atoms with Crippen molar-refractivity contribution in [2.45, 2.75) is 90.5 Å². The number of hydrogen-bond acceptors (Lipinski definition) is 2. The van der Waals surface area contributed by atoms with Crippen molar-refractivity contribution in [1.82, 2.24) is 0 Å². The highest BCUT2D eigenvalue weighted by Gasteiger charge is 2.16.